The van der Waals surface area contributed by atoms with Crippen molar-refractivity contribution in [3.05, 3.63) is 84.2 Å². The molecular weight excluding hydrogens is 357 g/mol. The molecule has 2 aromatic heterocycles. The minimum absolute atomic E-state index is 0.262. The van der Waals surface area contributed by atoms with Gasteiger partial charge in [0.25, 0.3) is 0 Å². The maximum atomic E-state index is 13.1. The highest BCUT2D eigenvalue weighted by atomic mass is 19.1. The first-order valence-corrected chi connectivity index (χ1v) is 8.70. The average molecular weight is 375 g/mol. The van der Waals surface area contributed by atoms with Crippen molar-refractivity contribution >= 4 is 17.2 Å². The van der Waals surface area contributed by atoms with Crippen molar-refractivity contribution in [3.63, 3.8) is 0 Å². The lowest BCUT2D eigenvalue weighted by molar-refractivity contribution is 0.100. The van der Waals surface area contributed by atoms with Gasteiger partial charge in [-0.05, 0) is 36.4 Å². The van der Waals surface area contributed by atoms with E-state index in [4.69, 9.17) is 5.73 Å². The largest absolute Gasteiger partial charge is 0.369 e. The summed E-state index contributed by atoms with van der Waals surface area (Å²) in [6, 6.07) is 13.4. The molecule has 0 bridgehead atoms. The lowest BCUT2D eigenvalue weighted by Crippen LogP contribution is -2.17. The minimum Gasteiger partial charge on any atom is -0.369 e. The maximum absolute atomic E-state index is 13.1. The van der Waals surface area contributed by atoms with Gasteiger partial charge in [-0.3, -0.25) is 14.2 Å². The second kappa shape index (κ2) is 7.11. The topological polar surface area (TPSA) is 76.5 Å². The van der Waals surface area contributed by atoms with E-state index in [9.17, 15) is 9.18 Å². The summed E-state index contributed by atoms with van der Waals surface area (Å²) in [5.41, 5.74) is 10.0. The third-order valence-corrected chi connectivity index (χ3v) is 4.58. The van der Waals surface area contributed by atoms with Gasteiger partial charge in [-0.1, -0.05) is 12.1 Å². The molecule has 2 aromatic carbocycles. The van der Waals surface area contributed by atoms with Gasteiger partial charge in [-0.25, -0.2) is 9.37 Å². The van der Waals surface area contributed by atoms with Crippen molar-refractivity contribution in [3.8, 4) is 11.3 Å². The number of carbonyl (C=O) groups excluding carboxylic acids is 1. The van der Waals surface area contributed by atoms with Crippen LogP contribution < -0.4 is 10.6 Å². The average Bonchev–Trinajstić information content (AvgIpc) is 3.11. The van der Waals surface area contributed by atoms with E-state index in [1.54, 1.807) is 36.7 Å². The Morgan fingerprint density at radius 2 is 1.79 bits per heavy atom. The lowest BCUT2D eigenvalue weighted by Gasteiger charge is -2.19. The Labute approximate surface area is 161 Å². The Bertz CT molecular complexity index is 1140. The molecule has 0 spiro atoms. The Balaban J connectivity index is 1.64. The zero-order valence-electron chi connectivity index (χ0n) is 15.2. The number of amides is 1. The monoisotopic (exact) mass is 375 g/mol. The fourth-order valence-electron chi connectivity index (χ4n) is 3.06. The highest BCUT2D eigenvalue weighted by molar-refractivity contribution is 5.93. The number of primary amides is 1. The minimum atomic E-state index is -0.458. The van der Waals surface area contributed by atoms with E-state index in [1.165, 1.54) is 12.1 Å². The van der Waals surface area contributed by atoms with E-state index in [0.717, 1.165) is 28.3 Å². The molecular formula is C21H18FN5O. The predicted molar refractivity (Wildman–Crippen MR) is 105 cm³/mol. The number of anilines is 1. The Morgan fingerprint density at radius 1 is 1.07 bits per heavy atom. The SMILES string of the molecule is CN(Cc1cn2c(-c3ccc(C(N)=O)cc3)cnc2cn1)c1ccc(F)cc1. The normalized spacial score (nSPS) is 10.9. The first kappa shape index (κ1) is 17.7. The van der Waals surface area contributed by atoms with Crippen LogP contribution in [0.5, 0.6) is 0 Å². The summed E-state index contributed by atoms with van der Waals surface area (Å²) in [6.07, 6.45) is 5.42. The number of hydrogen-bond acceptors (Lipinski definition) is 4. The van der Waals surface area contributed by atoms with Gasteiger partial charge >= 0.3 is 0 Å². The van der Waals surface area contributed by atoms with Gasteiger partial charge in [-0.15, -0.1) is 0 Å². The summed E-state index contributed by atoms with van der Waals surface area (Å²) in [4.78, 5) is 22.1. The van der Waals surface area contributed by atoms with E-state index >= 15 is 0 Å². The summed E-state index contributed by atoms with van der Waals surface area (Å²) in [7, 11) is 1.93. The maximum Gasteiger partial charge on any atom is 0.248 e. The van der Waals surface area contributed by atoms with Crippen molar-refractivity contribution < 1.29 is 9.18 Å². The fraction of sp³-hybridized carbons (Fsp3) is 0.0952. The number of halogens is 1. The zero-order valence-corrected chi connectivity index (χ0v) is 15.2. The molecule has 140 valence electrons. The van der Waals surface area contributed by atoms with Crippen molar-refractivity contribution in [1.82, 2.24) is 14.4 Å². The smallest absolute Gasteiger partial charge is 0.248 e. The number of rotatable bonds is 5. The molecule has 0 aliphatic rings. The number of aromatic nitrogens is 3. The third-order valence-electron chi connectivity index (χ3n) is 4.58. The molecule has 0 radical (unpaired) electrons. The molecule has 1 amide bonds. The Kier molecular flexibility index (Phi) is 4.49. The van der Waals surface area contributed by atoms with Crippen LogP contribution in [-0.4, -0.2) is 27.3 Å². The fourth-order valence-corrected chi connectivity index (χ4v) is 3.06. The molecule has 4 rings (SSSR count). The number of benzene rings is 2. The van der Waals surface area contributed by atoms with Crippen LogP contribution in [0, 0.1) is 5.82 Å². The van der Waals surface area contributed by atoms with Crippen molar-refractivity contribution in [1.29, 1.82) is 0 Å². The quantitative estimate of drug-likeness (QED) is 0.581. The molecule has 0 unspecified atom stereocenters. The van der Waals surface area contributed by atoms with E-state index < -0.39 is 5.91 Å². The summed E-state index contributed by atoms with van der Waals surface area (Å²) in [5.74, 6) is -0.720. The number of imidazole rings is 1. The van der Waals surface area contributed by atoms with Crippen LogP contribution in [0.2, 0.25) is 0 Å². The van der Waals surface area contributed by atoms with E-state index in [1.807, 2.05) is 34.7 Å². The molecule has 7 heteroatoms. The highest BCUT2D eigenvalue weighted by Crippen LogP contribution is 2.22. The molecule has 0 aliphatic carbocycles. The van der Waals surface area contributed by atoms with Crippen LogP contribution in [0.25, 0.3) is 16.9 Å². The van der Waals surface area contributed by atoms with Gasteiger partial charge in [0.05, 0.1) is 30.3 Å². The van der Waals surface area contributed by atoms with Crippen LogP contribution in [0.4, 0.5) is 10.1 Å². The summed E-state index contributed by atoms with van der Waals surface area (Å²) >= 11 is 0. The zero-order chi connectivity index (χ0) is 19.7. The standard InChI is InChI=1S/C21H18FN5O/c1-26(18-8-6-16(22)7-9-18)12-17-13-27-19(10-25-20(27)11-24-17)14-2-4-15(5-3-14)21(23)28/h2-11,13H,12H2,1H3,(H2,23,28). The van der Waals surface area contributed by atoms with Gasteiger partial charge in [0.2, 0.25) is 5.91 Å². The molecule has 0 saturated heterocycles. The first-order chi connectivity index (χ1) is 13.5. The van der Waals surface area contributed by atoms with Crippen molar-refractivity contribution in [2.24, 2.45) is 5.73 Å². The molecule has 0 fully saturated rings. The molecule has 2 N–H and O–H groups in total. The lowest BCUT2D eigenvalue weighted by atomic mass is 10.1. The Morgan fingerprint density at radius 3 is 2.46 bits per heavy atom. The molecule has 4 aromatic rings. The third kappa shape index (κ3) is 3.42. The number of nitrogens with two attached hydrogens (primary N) is 1. The molecule has 2 heterocycles. The molecule has 6 nitrogen and oxygen atoms in total. The number of nitrogens with zero attached hydrogens (tertiary/aromatic N) is 4. The van der Waals surface area contributed by atoms with Crippen LogP contribution in [0.3, 0.4) is 0 Å². The predicted octanol–water partition coefficient (Wildman–Crippen LogP) is 3.27. The van der Waals surface area contributed by atoms with Gasteiger partial charge in [0.15, 0.2) is 5.65 Å². The number of hydrogen-bond donors (Lipinski definition) is 1. The van der Waals surface area contributed by atoms with E-state index in [0.29, 0.717) is 12.1 Å². The number of carbonyl (C=O) groups is 1. The summed E-state index contributed by atoms with van der Waals surface area (Å²) in [6.45, 7) is 0.555. The van der Waals surface area contributed by atoms with Crippen LogP contribution in [0.1, 0.15) is 16.1 Å². The van der Waals surface area contributed by atoms with Crippen LogP contribution in [0.15, 0.2) is 67.1 Å². The van der Waals surface area contributed by atoms with Crippen LogP contribution in [-0.2, 0) is 6.54 Å². The number of fused-ring (bicyclic) bond motifs is 1. The molecule has 0 saturated carbocycles. The summed E-state index contributed by atoms with van der Waals surface area (Å²) < 4.78 is 15.1. The highest BCUT2D eigenvalue weighted by Gasteiger charge is 2.10. The van der Waals surface area contributed by atoms with Crippen molar-refractivity contribution in [2.45, 2.75) is 6.54 Å². The molecule has 0 atom stereocenters. The molecule has 28 heavy (non-hydrogen) atoms. The van der Waals surface area contributed by atoms with E-state index in [-0.39, 0.29) is 5.82 Å². The summed E-state index contributed by atoms with van der Waals surface area (Å²) in [5, 5.41) is 0. The second-order valence-corrected chi connectivity index (χ2v) is 6.52. The van der Waals surface area contributed by atoms with Gasteiger partial charge in [0, 0.05) is 30.1 Å². The van der Waals surface area contributed by atoms with Crippen LogP contribution >= 0.6 is 0 Å². The van der Waals surface area contributed by atoms with Gasteiger partial charge in [-0.2, -0.15) is 0 Å². The Hall–Kier alpha value is -3.74. The second-order valence-electron chi connectivity index (χ2n) is 6.52. The van der Waals surface area contributed by atoms with E-state index in [2.05, 4.69) is 9.97 Å². The first-order valence-electron chi connectivity index (χ1n) is 8.70. The van der Waals surface area contributed by atoms with Gasteiger partial charge < -0.3 is 10.6 Å². The van der Waals surface area contributed by atoms with Gasteiger partial charge in [0.1, 0.15) is 5.82 Å². The molecule has 0 aliphatic heterocycles. The van der Waals surface area contributed by atoms with Crippen molar-refractivity contribution in [2.75, 3.05) is 11.9 Å².